The third kappa shape index (κ3) is 4.73. The molecule has 2 aromatic carbocycles. The lowest BCUT2D eigenvalue weighted by Crippen LogP contribution is -2.31. The summed E-state index contributed by atoms with van der Waals surface area (Å²) >= 11 is 0. The highest BCUT2D eigenvalue weighted by atomic mass is 16.5. The number of carbonyl (C=O) groups is 2. The van der Waals surface area contributed by atoms with Crippen LogP contribution in [0.2, 0.25) is 0 Å². The van der Waals surface area contributed by atoms with Crippen LogP contribution in [0.3, 0.4) is 0 Å². The van der Waals surface area contributed by atoms with Crippen molar-refractivity contribution in [3.05, 3.63) is 53.6 Å². The lowest BCUT2D eigenvalue weighted by atomic mass is 10.1. The van der Waals surface area contributed by atoms with Crippen LogP contribution in [-0.4, -0.2) is 26.0 Å². The van der Waals surface area contributed by atoms with Gasteiger partial charge in [0, 0.05) is 16.8 Å². The summed E-state index contributed by atoms with van der Waals surface area (Å²) in [5.41, 5.74) is 1.89. The first kappa shape index (κ1) is 18.3. The summed E-state index contributed by atoms with van der Waals surface area (Å²) in [6.07, 6.45) is 0. The number of nitrogens with one attached hydrogen (secondary N) is 2. The minimum absolute atomic E-state index is 0.0569. The first-order chi connectivity index (χ1) is 11.9. The second-order valence-corrected chi connectivity index (χ2v) is 5.57. The average molecular weight is 342 g/mol. The number of urea groups is 1. The highest BCUT2D eigenvalue weighted by Gasteiger charge is 2.15. The molecule has 0 saturated heterocycles. The maximum atomic E-state index is 12.3. The highest BCUT2D eigenvalue weighted by Crippen LogP contribution is 2.29. The molecule has 0 aliphatic heterocycles. The van der Waals surface area contributed by atoms with Crippen LogP contribution in [-0.2, 0) is 0 Å². The largest absolute Gasteiger partial charge is 0.497 e. The molecule has 0 radical (unpaired) electrons. The Morgan fingerprint density at radius 2 is 1.80 bits per heavy atom. The molecule has 6 heteroatoms. The van der Waals surface area contributed by atoms with Gasteiger partial charge in [-0.25, -0.2) is 4.79 Å². The van der Waals surface area contributed by atoms with Crippen molar-refractivity contribution in [1.29, 1.82) is 0 Å². The van der Waals surface area contributed by atoms with Gasteiger partial charge >= 0.3 is 6.03 Å². The first-order valence-electron chi connectivity index (χ1n) is 7.85. The second kappa shape index (κ2) is 8.19. The van der Waals surface area contributed by atoms with Crippen LogP contribution < -0.4 is 20.1 Å². The van der Waals surface area contributed by atoms with Crippen molar-refractivity contribution in [1.82, 2.24) is 5.32 Å². The first-order valence-corrected chi connectivity index (χ1v) is 7.85. The SMILES string of the molecule is COc1ccc(OC)c([C@H](C)NC(=O)Nc2cccc(C(C)=O)c2)c1. The third-order valence-corrected chi connectivity index (χ3v) is 3.78. The van der Waals surface area contributed by atoms with E-state index < -0.39 is 0 Å². The fraction of sp³-hybridized carbons (Fsp3) is 0.263. The number of hydrogen-bond donors (Lipinski definition) is 2. The van der Waals surface area contributed by atoms with Gasteiger partial charge < -0.3 is 20.1 Å². The minimum atomic E-state index is -0.377. The van der Waals surface area contributed by atoms with Crippen LogP contribution in [0.25, 0.3) is 0 Å². The van der Waals surface area contributed by atoms with Gasteiger partial charge in [-0.05, 0) is 44.2 Å². The van der Waals surface area contributed by atoms with E-state index in [2.05, 4.69) is 10.6 Å². The van der Waals surface area contributed by atoms with E-state index in [1.165, 1.54) is 6.92 Å². The monoisotopic (exact) mass is 342 g/mol. The molecule has 0 fully saturated rings. The molecule has 132 valence electrons. The van der Waals surface area contributed by atoms with Crippen LogP contribution in [0.1, 0.15) is 35.8 Å². The number of benzene rings is 2. The third-order valence-electron chi connectivity index (χ3n) is 3.78. The zero-order valence-corrected chi connectivity index (χ0v) is 14.8. The van der Waals surface area contributed by atoms with Crippen molar-refractivity contribution in [2.24, 2.45) is 0 Å². The number of ether oxygens (including phenoxy) is 2. The molecule has 0 bridgehead atoms. The summed E-state index contributed by atoms with van der Waals surface area (Å²) in [5, 5.41) is 5.58. The topological polar surface area (TPSA) is 76.7 Å². The van der Waals surface area contributed by atoms with E-state index in [-0.39, 0.29) is 17.9 Å². The van der Waals surface area contributed by atoms with E-state index in [1.807, 2.05) is 13.0 Å². The van der Waals surface area contributed by atoms with Crippen molar-refractivity contribution < 1.29 is 19.1 Å². The average Bonchev–Trinajstić information content (AvgIpc) is 2.61. The van der Waals surface area contributed by atoms with Crippen LogP contribution in [0.4, 0.5) is 10.5 Å². The number of hydrogen-bond acceptors (Lipinski definition) is 4. The molecule has 6 nitrogen and oxygen atoms in total. The van der Waals surface area contributed by atoms with Gasteiger partial charge in [0.2, 0.25) is 0 Å². The normalized spacial score (nSPS) is 11.4. The van der Waals surface area contributed by atoms with Crippen LogP contribution >= 0.6 is 0 Å². The Morgan fingerprint density at radius 1 is 1.04 bits per heavy atom. The smallest absolute Gasteiger partial charge is 0.319 e. The molecule has 2 N–H and O–H groups in total. The fourth-order valence-electron chi connectivity index (χ4n) is 2.44. The Kier molecular flexibility index (Phi) is 6.00. The predicted molar refractivity (Wildman–Crippen MR) is 96.6 cm³/mol. The molecule has 2 rings (SSSR count). The summed E-state index contributed by atoms with van der Waals surface area (Å²) in [5.74, 6) is 1.28. The molecule has 0 heterocycles. The number of methoxy groups -OCH3 is 2. The maximum absolute atomic E-state index is 12.3. The fourth-order valence-corrected chi connectivity index (χ4v) is 2.44. The van der Waals surface area contributed by atoms with Gasteiger partial charge in [0.1, 0.15) is 11.5 Å². The summed E-state index contributed by atoms with van der Waals surface area (Å²) < 4.78 is 10.6. The molecule has 1 atom stereocenters. The molecule has 0 saturated carbocycles. The van der Waals surface area contributed by atoms with E-state index in [1.54, 1.807) is 50.6 Å². The van der Waals surface area contributed by atoms with E-state index in [0.29, 0.717) is 22.7 Å². The van der Waals surface area contributed by atoms with Gasteiger partial charge in [0.05, 0.1) is 20.3 Å². The van der Waals surface area contributed by atoms with Crippen molar-refractivity contribution in [2.75, 3.05) is 19.5 Å². The molecular weight excluding hydrogens is 320 g/mol. The van der Waals surface area contributed by atoms with Crippen LogP contribution in [0, 0.1) is 0 Å². The number of carbonyl (C=O) groups excluding carboxylic acids is 2. The molecule has 2 amide bonds. The summed E-state index contributed by atoms with van der Waals surface area (Å²) in [4.78, 5) is 23.7. The number of anilines is 1. The standard InChI is InChI=1S/C19H22N2O4/c1-12(17-11-16(24-3)8-9-18(17)25-4)20-19(23)21-15-7-5-6-14(10-15)13(2)22/h5-12H,1-4H3,(H2,20,21,23)/t12-/m0/s1. The maximum Gasteiger partial charge on any atom is 0.319 e. The molecule has 0 aromatic heterocycles. The zero-order valence-electron chi connectivity index (χ0n) is 14.8. The van der Waals surface area contributed by atoms with Crippen LogP contribution in [0.5, 0.6) is 11.5 Å². The molecule has 0 unspecified atom stereocenters. The van der Waals surface area contributed by atoms with Crippen molar-refractivity contribution >= 4 is 17.5 Å². The van der Waals surface area contributed by atoms with Gasteiger partial charge in [-0.15, -0.1) is 0 Å². The van der Waals surface area contributed by atoms with Gasteiger partial charge in [0.25, 0.3) is 0 Å². The Balaban J connectivity index is 2.10. The second-order valence-electron chi connectivity index (χ2n) is 5.57. The van der Waals surface area contributed by atoms with Gasteiger partial charge in [0.15, 0.2) is 5.78 Å². The summed E-state index contributed by atoms with van der Waals surface area (Å²) in [6.45, 7) is 3.33. The highest BCUT2D eigenvalue weighted by molar-refractivity contribution is 5.96. The van der Waals surface area contributed by atoms with E-state index in [0.717, 1.165) is 5.56 Å². The minimum Gasteiger partial charge on any atom is -0.497 e. The van der Waals surface area contributed by atoms with Gasteiger partial charge in [-0.3, -0.25) is 4.79 Å². The Hall–Kier alpha value is -3.02. The number of amides is 2. The molecule has 0 spiro atoms. The molecular formula is C19H22N2O4. The van der Waals surface area contributed by atoms with Gasteiger partial charge in [-0.1, -0.05) is 12.1 Å². The Bertz CT molecular complexity index is 774. The summed E-state index contributed by atoms with van der Waals surface area (Å²) in [7, 11) is 3.16. The predicted octanol–water partition coefficient (Wildman–Crippen LogP) is 3.79. The van der Waals surface area contributed by atoms with Crippen LogP contribution in [0.15, 0.2) is 42.5 Å². The molecule has 0 aliphatic rings. The Morgan fingerprint density at radius 3 is 2.44 bits per heavy atom. The van der Waals surface area contributed by atoms with E-state index >= 15 is 0 Å². The quantitative estimate of drug-likeness (QED) is 0.783. The van der Waals surface area contributed by atoms with Crippen molar-refractivity contribution in [2.45, 2.75) is 19.9 Å². The lowest BCUT2D eigenvalue weighted by molar-refractivity contribution is 0.101. The van der Waals surface area contributed by atoms with Crippen molar-refractivity contribution in [3.63, 3.8) is 0 Å². The lowest BCUT2D eigenvalue weighted by Gasteiger charge is -2.18. The Labute approximate surface area is 147 Å². The number of Topliss-reactive ketones (excluding diaryl/α,β-unsaturated/α-hetero) is 1. The molecule has 0 aliphatic carbocycles. The number of rotatable bonds is 6. The van der Waals surface area contributed by atoms with Crippen molar-refractivity contribution in [3.8, 4) is 11.5 Å². The van der Waals surface area contributed by atoms with E-state index in [4.69, 9.17) is 9.47 Å². The molecule has 2 aromatic rings. The summed E-state index contributed by atoms with van der Waals surface area (Å²) in [6, 6.07) is 11.5. The molecule has 25 heavy (non-hydrogen) atoms. The van der Waals surface area contributed by atoms with Gasteiger partial charge in [-0.2, -0.15) is 0 Å². The van der Waals surface area contributed by atoms with E-state index in [9.17, 15) is 9.59 Å². The number of ketones is 1. The zero-order chi connectivity index (χ0) is 18.4.